The Balaban J connectivity index is 1.53. The fourth-order valence-corrected chi connectivity index (χ4v) is 3.47. The second kappa shape index (κ2) is 8.78. The summed E-state index contributed by atoms with van der Waals surface area (Å²) in [7, 11) is 0. The largest absolute Gasteiger partial charge is 0.491 e. The van der Waals surface area contributed by atoms with Crippen molar-refractivity contribution >= 4 is 16.9 Å². The predicted molar refractivity (Wildman–Crippen MR) is 111 cm³/mol. The predicted octanol–water partition coefficient (Wildman–Crippen LogP) is 3.03. The Morgan fingerprint density at radius 3 is 2.29 bits per heavy atom. The zero-order valence-corrected chi connectivity index (χ0v) is 16.7. The summed E-state index contributed by atoms with van der Waals surface area (Å²) in [5, 5.41) is 2.86. The molecule has 2 aromatic carbocycles. The number of hydrogen-bond donors (Lipinski definition) is 1. The molecule has 0 fully saturated rings. The molecule has 0 saturated carbocycles. The fraction of sp³-hybridized carbons (Fsp3) is 0.364. The summed E-state index contributed by atoms with van der Waals surface area (Å²) in [4.78, 5) is 24.8. The number of hydrogen-bond acceptors (Lipinski definition) is 3. The molecular formula is C22H27N3O3. The van der Waals surface area contributed by atoms with Gasteiger partial charge in [0.05, 0.1) is 17.6 Å². The van der Waals surface area contributed by atoms with Gasteiger partial charge in [0, 0.05) is 19.5 Å². The van der Waals surface area contributed by atoms with E-state index in [1.54, 1.807) is 9.13 Å². The van der Waals surface area contributed by atoms with Gasteiger partial charge in [-0.05, 0) is 44.0 Å². The second-order valence-electron chi connectivity index (χ2n) is 6.84. The Kier molecular flexibility index (Phi) is 6.19. The lowest BCUT2D eigenvalue weighted by molar-refractivity contribution is -0.121. The molecule has 28 heavy (non-hydrogen) atoms. The molecule has 1 amide bonds. The number of ether oxygens (including phenoxy) is 1. The molecule has 3 rings (SSSR count). The number of para-hydroxylation sites is 3. The maximum absolute atomic E-state index is 12.6. The van der Waals surface area contributed by atoms with E-state index in [2.05, 4.69) is 5.32 Å². The van der Waals surface area contributed by atoms with Gasteiger partial charge in [-0.3, -0.25) is 13.9 Å². The summed E-state index contributed by atoms with van der Waals surface area (Å²) in [6, 6.07) is 13.7. The number of benzene rings is 2. The van der Waals surface area contributed by atoms with Crippen molar-refractivity contribution in [3.05, 3.63) is 64.1 Å². The summed E-state index contributed by atoms with van der Waals surface area (Å²) in [5.41, 5.74) is 3.85. The van der Waals surface area contributed by atoms with Gasteiger partial charge < -0.3 is 10.1 Å². The van der Waals surface area contributed by atoms with E-state index >= 15 is 0 Å². The third kappa shape index (κ3) is 4.11. The number of carbonyl (C=O) groups excluding carboxylic acids is 1. The van der Waals surface area contributed by atoms with E-state index in [1.165, 1.54) is 0 Å². The molecule has 0 atom stereocenters. The van der Waals surface area contributed by atoms with Crippen LogP contribution >= 0.6 is 0 Å². The van der Waals surface area contributed by atoms with Gasteiger partial charge in [0.2, 0.25) is 5.91 Å². The average molecular weight is 381 g/mol. The minimum absolute atomic E-state index is 0.0742. The van der Waals surface area contributed by atoms with Crippen LogP contribution in [-0.4, -0.2) is 28.2 Å². The summed E-state index contributed by atoms with van der Waals surface area (Å²) in [5.74, 6) is 0.779. The molecule has 0 aliphatic rings. The first kappa shape index (κ1) is 19.7. The Morgan fingerprint density at radius 1 is 1.00 bits per heavy atom. The molecule has 0 aliphatic carbocycles. The van der Waals surface area contributed by atoms with Crippen LogP contribution < -0.4 is 15.7 Å². The summed E-state index contributed by atoms with van der Waals surface area (Å²) < 4.78 is 9.20. The summed E-state index contributed by atoms with van der Waals surface area (Å²) in [6.45, 7) is 7.76. The van der Waals surface area contributed by atoms with Crippen molar-refractivity contribution in [2.24, 2.45) is 0 Å². The van der Waals surface area contributed by atoms with Crippen molar-refractivity contribution in [2.75, 3.05) is 13.2 Å². The molecule has 1 aromatic heterocycles. The smallest absolute Gasteiger partial charge is 0.329 e. The number of imidazole rings is 1. The summed E-state index contributed by atoms with van der Waals surface area (Å²) in [6.07, 6.45) is 0.251. The molecule has 6 nitrogen and oxygen atoms in total. The molecule has 1 N–H and O–H groups in total. The minimum atomic E-state index is -0.0923. The number of nitrogens with one attached hydrogen (secondary N) is 1. The Morgan fingerprint density at radius 2 is 1.64 bits per heavy atom. The van der Waals surface area contributed by atoms with Crippen molar-refractivity contribution < 1.29 is 9.53 Å². The number of aromatic nitrogens is 2. The van der Waals surface area contributed by atoms with Crippen LogP contribution in [0.25, 0.3) is 11.0 Å². The standard InChI is InChI=1S/C22H27N3O3/c1-4-24-18-10-5-6-11-19(18)25(22(24)27)14-12-20(26)23-13-15-28-21-16(2)8-7-9-17(21)3/h5-11H,4,12-15H2,1-3H3,(H,23,26). The van der Waals surface area contributed by atoms with Gasteiger partial charge in [-0.25, -0.2) is 4.79 Å². The van der Waals surface area contributed by atoms with Gasteiger partial charge in [-0.15, -0.1) is 0 Å². The van der Waals surface area contributed by atoms with Crippen molar-refractivity contribution in [3.63, 3.8) is 0 Å². The highest BCUT2D eigenvalue weighted by molar-refractivity contribution is 5.78. The molecule has 0 saturated heterocycles. The van der Waals surface area contributed by atoms with Crippen LogP contribution in [-0.2, 0) is 17.9 Å². The minimum Gasteiger partial charge on any atom is -0.491 e. The van der Waals surface area contributed by atoms with Crippen molar-refractivity contribution in [3.8, 4) is 5.75 Å². The quantitative estimate of drug-likeness (QED) is 0.610. The molecule has 3 aromatic rings. The highest BCUT2D eigenvalue weighted by Crippen LogP contribution is 2.21. The van der Waals surface area contributed by atoms with E-state index in [4.69, 9.17) is 4.74 Å². The molecule has 0 aliphatic heterocycles. The Bertz CT molecular complexity index is 1010. The fourth-order valence-electron chi connectivity index (χ4n) is 3.47. The van der Waals surface area contributed by atoms with Crippen molar-refractivity contribution in [2.45, 2.75) is 40.3 Å². The molecular weight excluding hydrogens is 354 g/mol. The summed E-state index contributed by atoms with van der Waals surface area (Å²) >= 11 is 0. The Hall–Kier alpha value is -3.02. The van der Waals surface area contributed by atoms with E-state index in [0.29, 0.717) is 26.2 Å². The highest BCUT2D eigenvalue weighted by atomic mass is 16.5. The zero-order valence-electron chi connectivity index (χ0n) is 16.7. The van der Waals surface area contributed by atoms with Crippen LogP contribution in [0.4, 0.5) is 0 Å². The first-order valence-electron chi connectivity index (χ1n) is 9.66. The lowest BCUT2D eigenvalue weighted by atomic mass is 10.1. The van der Waals surface area contributed by atoms with Crippen LogP contribution in [0.2, 0.25) is 0 Å². The molecule has 0 bridgehead atoms. The number of amides is 1. The third-order valence-corrected chi connectivity index (χ3v) is 4.88. The number of fused-ring (bicyclic) bond motifs is 1. The van der Waals surface area contributed by atoms with Gasteiger partial charge in [0.1, 0.15) is 12.4 Å². The lowest BCUT2D eigenvalue weighted by Crippen LogP contribution is -2.31. The second-order valence-corrected chi connectivity index (χ2v) is 6.84. The van der Waals surface area contributed by atoms with E-state index in [0.717, 1.165) is 27.9 Å². The number of nitrogens with zero attached hydrogens (tertiary/aromatic N) is 2. The van der Waals surface area contributed by atoms with Gasteiger partial charge >= 0.3 is 5.69 Å². The highest BCUT2D eigenvalue weighted by Gasteiger charge is 2.12. The molecule has 6 heteroatoms. The molecule has 0 radical (unpaired) electrons. The lowest BCUT2D eigenvalue weighted by Gasteiger charge is -2.12. The van der Waals surface area contributed by atoms with Gasteiger partial charge in [-0.2, -0.15) is 0 Å². The number of aryl methyl sites for hydroxylation is 4. The van der Waals surface area contributed by atoms with Crippen LogP contribution in [0.5, 0.6) is 5.75 Å². The van der Waals surface area contributed by atoms with Crippen LogP contribution in [0.1, 0.15) is 24.5 Å². The van der Waals surface area contributed by atoms with E-state index in [-0.39, 0.29) is 18.0 Å². The maximum atomic E-state index is 12.6. The molecule has 0 spiro atoms. The SMILES string of the molecule is CCn1c(=O)n(CCC(=O)NCCOc2c(C)cccc2C)c2ccccc21. The number of rotatable bonds is 8. The number of carbonyl (C=O) groups is 1. The van der Waals surface area contributed by atoms with Crippen LogP contribution in [0.3, 0.4) is 0 Å². The molecule has 148 valence electrons. The van der Waals surface area contributed by atoms with Crippen molar-refractivity contribution in [1.82, 2.24) is 14.5 Å². The van der Waals surface area contributed by atoms with Gasteiger partial charge in [0.25, 0.3) is 0 Å². The molecule has 0 unspecified atom stereocenters. The third-order valence-electron chi connectivity index (χ3n) is 4.88. The Labute approximate surface area is 164 Å². The maximum Gasteiger partial charge on any atom is 0.329 e. The van der Waals surface area contributed by atoms with E-state index in [9.17, 15) is 9.59 Å². The average Bonchev–Trinajstić information content (AvgIpc) is 2.96. The molecule has 1 heterocycles. The first-order chi connectivity index (χ1) is 13.5. The van der Waals surface area contributed by atoms with E-state index < -0.39 is 0 Å². The van der Waals surface area contributed by atoms with Gasteiger partial charge in [-0.1, -0.05) is 30.3 Å². The van der Waals surface area contributed by atoms with Crippen LogP contribution in [0, 0.1) is 13.8 Å². The van der Waals surface area contributed by atoms with Crippen molar-refractivity contribution in [1.29, 1.82) is 0 Å². The monoisotopic (exact) mass is 381 g/mol. The normalized spacial score (nSPS) is 11.0. The van der Waals surface area contributed by atoms with E-state index in [1.807, 2.05) is 63.2 Å². The first-order valence-corrected chi connectivity index (χ1v) is 9.66. The zero-order chi connectivity index (χ0) is 20.1. The topological polar surface area (TPSA) is 65.3 Å². The van der Waals surface area contributed by atoms with Gasteiger partial charge in [0.15, 0.2) is 0 Å². The van der Waals surface area contributed by atoms with Crippen LogP contribution in [0.15, 0.2) is 47.3 Å².